The molecule has 1 aliphatic carbocycles. The highest BCUT2D eigenvalue weighted by atomic mass is 16.2. The number of amides is 4. The molecule has 4 amide bonds. The molecule has 0 bridgehead atoms. The van der Waals surface area contributed by atoms with Crippen LogP contribution in [-0.2, 0) is 0 Å². The van der Waals surface area contributed by atoms with E-state index in [1.165, 1.54) is 0 Å². The van der Waals surface area contributed by atoms with Crippen LogP contribution in [-0.4, -0.2) is 35.1 Å². The lowest BCUT2D eigenvalue weighted by atomic mass is 9.81. The molecule has 2 atom stereocenters. The van der Waals surface area contributed by atoms with Crippen molar-refractivity contribution >= 4 is 23.7 Å². The highest BCUT2D eigenvalue weighted by Gasteiger charge is 2.23. The summed E-state index contributed by atoms with van der Waals surface area (Å²) in [7, 11) is 0. The highest BCUT2D eigenvalue weighted by molar-refractivity contribution is 5.88. The molecule has 0 aliphatic heterocycles. The van der Waals surface area contributed by atoms with Crippen molar-refractivity contribution in [3.8, 4) is 0 Å². The SMILES string of the molecule is Cc1ccc(NC(=O)NC[C@H]2CCC[C@@H](CNC(=O)Nc3ccc(C)cn3)C2)nc1. The van der Waals surface area contributed by atoms with Gasteiger partial charge in [0.2, 0.25) is 0 Å². The van der Waals surface area contributed by atoms with E-state index in [0.29, 0.717) is 36.6 Å². The second-order valence-electron chi connectivity index (χ2n) is 8.01. The third-order valence-electron chi connectivity index (χ3n) is 5.30. The van der Waals surface area contributed by atoms with Gasteiger partial charge in [-0.2, -0.15) is 0 Å². The van der Waals surface area contributed by atoms with Gasteiger partial charge in [0.1, 0.15) is 11.6 Å². The average Bonchev–Trinajstić information content (AvgIpc) is 2.74. The number of pyridine rings is 2. The summed E-state index contributed by atoms with van der Waals surface area (Å²) in [4.78, 5) is 32.6. The van der Waals surface area contributed by atoms with Crippen LogP contribution in [0.25, 0.3) is 0 Å². The van der Waals surface area contributed by atoms with E-state index >= 15 is 0 Å². The molecule has 1 saturated carbocycles. The highest BCUT2D eigenvalue weighted by Crippen LogP contribution is 2.28. The van der Waals surface area contributed by atoms with E-state index < -0.39 is 0 Å². The largest absolute Gasteiger partial charge is 0.338 e. The average molecular weight is 411 g/mol. The van der Waals surface area contributed by atoms with Gasteiger partial charge in [0.05, 0.1) is 0 Å². The first-order chi connectivity index (χ1) is 14.5. The number of rotatable bonds is 6. The van der Waals surface area contributed by atoms with Crippen LogP contribution in [0.15, 0.2) is 36.7 Å². The molecule has 3 rings (SSSR count). The summed E-state index contributed by atoms with van der Waals surface area (Å²) in [5, 5.41) is 11.4. The summed E-state index contributed by atoms with van der Waals surface area (Å²) < 4.78 is 0. The molecule has 1 aliphatic rings. The van der Waals surface area contributed by atoms with Gasteiger partial charge < -0.3 is 10.6 Å². The molecule has 8 nitrogen and oxygen atoms in total. The molecule has 2 aromatic rings. The summed E-state index contributed by atoms with van der Waals surface area (Å²) >= 11 is 0. The third-order valence-corrected chi connectivity index (χ3v) is 5.30. The fourth-order valence-corrected chi connectivity index (χ4v) is 3.65. The normalized spacial score (nSPS) is 18.3. The third kappa shape index (κ3) is 7.02. The molecule has 8 heteroatoms. The Morgan fingerprint density at radius 1 is 0.833 bits per heavy atom. The summed E-state index contributed by atoms with van der Waals surface area (Å²) in [6.07, 6.45) is 7.68. The van der Waals surface area contributed by atoms with Gasteiger partial charge in [0.25, 0.3) is 0 Å². The number of nitrogens with zero attached hydrogens (tertiary/aromatic N) is 2. The quantitative estimate of drug-likeness (QED) is 0.580. The lowest BCUT2D eigenvalue weighted by Gasteiger charge is -2.29. The van der Waals surface area contributed by atoms with E-state index in [4.69, 9.17) is 0 Å². The molecular formula is C22H30N6O2. The Morgan fingerprint density at radius 3 is 1.70 bits per heavy atom. The van der Waals surface area contributed by atoms with Crippen LogP contribution in [0.2, 0.25) is 0 Å². The van der Waals surface area contributed by atoms with Crippen LogP contribution < -0.4 is 21.3 Å². The molecule has 0 radical (unpaired) electrons. The van der Waals surface area contributed by atoms with E-state index in [0.717, 1.165) is 36.8 Å². The Labute approximate surface area is 177 Å². The Morgan fingerprint density at radius 2 is 1.30 bits per heavy atom. The molecule has 0 spiro atoms. The number of carbonyl (C=O) groups excluding carboxylic acids is 2. The molecule has 30 heavy (non-hydrogen) atoms. The van der Waals surface area contributed by atoms with Crippen molar-refractivity contribution in [1.82, 2.24) is 20.6 Å². The monoisotopic (exact) mass is 410 g/mol. The van der Waals surface area contributed by atoms with Gasteiger partial charge in [-0.1, -0.05) is 18.6 Å². The summed E-state index contributed by atoms with van der Waals surface area (Å²) in [5.41, 5.74) is 2.10. The summed E-state index contributed by atoms with van der Waals surface area (Å²) in [5.74, 6) is 1.89. The van der Waals surface area contributed by atoms with Gasteiger partial charge in [-0.25, -0.2) is 19.6 Å². The zero-order valence-electron chi connectivity index (χ0n) is 17.6. The molecule has 0 unspecified atom stereocenters. The number of anilines is 2. The van der Waals surface area contributed by atoms with Gasteiger partial charge in [0, 0.05) is 25.5 Å². The zero-order valence-corrected chi connectivity index (χ0v) is 17.6. The molecule has 0 saturated heterocycles. The molecule has 2 aromatic heterocycles. The van der Waals surface area contributed by atoms with Crippen molar-refractivity contribution in [2.75, 3.05) is 23.7 Å². The van der Waals surface area contributed by atoms with E-state index in [2.05, 4.69) is 31.2 Å². The van der Waals surface area contributed by atoms with Crippen LogP contribution in [0.3, 0.4) is 0 Å². The van der Waals surface area contributed by atoms with Gasteiger partial charge in [-0.3, -0.25) is 10.6 Å². The standard InChI is InChI=1S/C22H30N6O2/c1-15-6-8-19(23-11-15)27-21(29)25-13-17-4-3-5-18(10-17)14-26-22(30)28-20-9-7-16(2)12-24-20/h6-9,11-12,17-18H,3-5,10,13-14H2,1-2H3,(H2,23,25,27,29)(H2,24,26,28,30)/t17-,18+. The van der Waals surface area contributed by atoms with E-state index in [-0.39, 0.29) is 12.1 Å². The van der Waals surface area contributed by atoms with Gasteiger partial charge in [0.15, 0.2) is 0 Å². The van der Waals surface area contributed by atoms with Crippen LogP contribution in [0.1, 0.15) is 36.8 Å². The van der Waals surface area contributed by atoms with Gasteiger partial charge in [-0.05, 0) is 68.2 Å². The Hall–Kier alpha value is -3.16. The second kappa shape index (κ2) is 10.6. The smallest absolute Gasteiger partial charge is 0.320 e. The maximum Gasteiger partial charge on any atom is 0.320 e. The molecule has 160 valence electrons. The van der Waals surface area contributed by atoms with E-state index in [1.54, 1.807) is 24.5 Å². The van der Waals surface area contributed by atoms with Crippen LogP contribution in [0, 0.1) is 25.7 Å². The maximum atomic E-state index is 12.1. The summed E-state index contributed by atoms with van der Waals surface area (Å²) in [6, 6.07) is 6.91. The fraction of sp³-hybridized carbons (Fsp3) is 0.455. The molecular weight excluding hydrogens is 380 g/mol. The number of urea groups is 2. The van der Waals surface area contributed by atoms with Crippen molar-refractivity contribution < 1.29 is 9.59 Å². The Balaban J connectivity index is 1.36. The molecule has 2 heterocycles. The fourth-order valence-electron chi connectivity index (χ4n) is 3.65. The zero-order chi connectivity index (χ0) is 21.3. The van der Waals surface area contributed by atoms with Crippen molar-refractivity contribution in [2.45, 2.75) is 39.5 Å². The number of aryl methyl sites for hydroxylation is 2. The molecule has 0 aromatic carbocycles. The lowest BCUT2D eigenvalue weighted by molar-refractivity contribution is 0.230. The predicted octanol–water partition coefficient (Wildman–Crippen LogP) is 3.84. The second-order valence-corrected chi connectivity index (χ2v) is 8.01. The van der Waals surface area contributed by atoms with Crippen LogP contribution >= 0.6 is 0 Å². The Bertz CT molecular complexity index is 768. The lowest BCUT2D eigenvalue weighted by Crippen LogP contribution is -2.38. The van der Waals surface area contributed by atoms with E-state index in [9.17, 15) is 9.59 Å². The minimum absolute atomic E-state index is 0.239. The Kier molecular flexibility index (Phi) is 7.59. The number of aromatic nitrogens is 2. The maximum absolute atomic E-state index is 12.1. The minimum Gasteiger partial charge on any atom is -0.338 e. The first kappa shape index (κ1) is 21.5. The van der Waals surface area contributed by atoms with Crippen LogP contribution in [0.4, 0.5) is 21.2 Å². The number of carbonyl (C=O) groups is 2. The molecule has 4 N–H and O–H groups in total. The van der Waals surface area contributed by atoms with Crippen molar-refractivity contribution in [1.29, 1.82) is 0 Å². The number of hydrogen-bond acceptors (Lipinski definition) is 4. The molecule has 1 fully saturated rings. The first-order valence-corrected chi connectivity index (χ1v) is 10.4. The summed E-state index contributed by atoms with van der Waals surface area (Å²) in [6.45, 7) is 5.14. The first-order valence-electron chi connectivity index (χ1n) is 10.4. The van der Waals surface area contributed by atoms with Crippen molar-refractivity contribution in [3.05, 3.63) is 47.8 Å². The van der Waals surface area contributed by atoms with E-state index in [1.807, 2.05) is 26.0 Å². The van der Waals surface area contributed by atoms with Gasteiger partial charge in [-0.15, -0.1) is 0 Å². The van der Waals surface area contributed by atoms with Crippen LogP contribution in [0.5, 0.6) is 0 Å². The minimum atomic E-state index is -0.239. The van der Waals surface area contributed by atoms with Crippen molar-refractivity contribution in [3.63, 3.8) is 0 Å². The predicted molar refractivity (Wildman–Crippen MR) is 117 cm³/mol. The van der Waals surface area contributed by atoms with Gasteiger partial charge >= 0.3 is 12.1 Å². The number of hydrogen-bond donors (Lipinski definition) is 4. The number of nitrogens with one attached hydrogen (secondary N) is 4. The topological polar surface area (TPSA) is 108 Å². The van der Waals surface area contributed by atoms with Crippen molar-refractivity contribution in [2.24, 2.45) is 11.8 Å².